The molecule has 7 heteroatoms. The predicted octanol–water partition coefficient (Wildman–Crippen LogP) is 4.95. The molecule has 0 radical (unpaired) electrons. The quantitative estimate of drug-likeness (QED) is 0.415. The first kappa shape index (κ1) is 25.7. The summed E-state index contributed by atoms with van der Waals surface area (Å²) in [7, 11) is 1.62. The average Bonchev–Trinajstić information content (AvgIpc) is 2.80. The summed E-state index contributed by atoms with van der Waals surface area (Å²) in [5.41, 5.74) is 0.963. The number of hydrogen-bond donors (Lipinski definition) is 1. The Balaban J connectivity index is 1.99. The number of rotatable bonds is 12. The zero-order valence-corrected chi connectivity index (χ0v) is 20.9. The molecule has 0 aromatic heterocycles. The summed E-state index contributed by atoms with van der Waals surface area (Å²) >= 11 is 3.47. The van der Waals surface area contributed by atoms with Crippen molar-refractivity contribution >= 4 is 27.7 Å². The SMILES string of the molecule is CC[C@@H](C)NC(=O)[C@H](C)N(Cc1cccc(Br)c1)C(=O)CCCOc1ccc(OC)cc1. The van der Waals surface area contributed by atoms with E-state index in [-0.39, 0.29) is 17.9 Å². The third-order valence-electron chi connectivity index (χ3n) is 5.27. The van der Waals surface area contributed by atoms with Crippen LogP contribution in [0.15, 0.2) is 53.0 Å². The van der Waals surface area contributed by atoms with Gasteiger partial charge < -0.3 is 19.7 Å². The first-order valence-corrected chi connectivity index (χ1v) is 11.7. The first-order chi connectivity index (χ1) is 15.3. The molecule has 2 aromatic rings. The van der Waals surface area contributed by atoms with Gasteiger partial charge >= 0.3 is 0 Å². The fourth-order valence-corrected chi connectivity index (χ4v) is 3.56. The number of methoxy groups -OCH3 is 1. The monoisotopic (exact) mass is 504 g/mol. The summed E-state index contributed by atoms with van der Waals surface area (Å²) in [6, 6.07) is 14.6. The standard InChI is InChI=1S/C25H33BrN2O4/c1-5-18(2)27-25(30)19(3)28(17-20-8-6-9-21(26)16-20)24(29)10-7-15-32-23-13-11-22(31-4)12-14-23/h6,8-9,11-14,16,18-19H,5,7,10,15,17H2,1-4H3,(H,27,30)/t18-,19+/m1/s1. The predicted molar refractivity (Wildman–Crippen MR) is 130 cm³/mol. The molecule has 0 unspecified atom stereocenters. The Morgan fingerprint density at radius 3 is 2.41 bits per heavy atom. The smallest absolute Gasteiger partial charge is 0.242 e. The van der Waals surface area contributed by atoms with Gasteiger partial charge in [0.2, 0.25) is 11.8 Å². The number of hydrogen-bond acceptors (Lipinski definition) is 4. The molecule has 174 valence electrons. The molecule has 0 aliphatic rings. The Labute approximate surface area is 199 Å². The molecular formula is C25H33BrN2O4. The van der Waals surface area contributed by atoms with Crippen LogP contribution < -0.4 is 14.8 Å². The molecule has 0 aliphatic heterocycles. The van der Waals surface area contributed by atoms with E-state index in [1.54, 1.807) is 18.9 Å². The highest BCUT2D eigenvalue weighted by molar-refractivity contribution is 9.10. The highest BCUT2D eigenvalue weighted by Crippen LogP contribution is 2.18. The zero-order valence-electron chi connectivity index (χ0n) is 19.3. The van der Waals surface area contributed by atoms with Gasteiger partial charge in [0.05, 0.1) is 13.7 Å². The topological polar surface area (TPSA) is 67.9 Å². The minimum Gasteiger partial charge on any atom is -0.497 e. The molecule has 1 N–H and O–H groups in total. The number of amides is 2. The van der Waals surface area contributed by atoms with Gasteiger partial charge in [-0.05, 0) is 68.7 Å². The van der Waals surface area contributed by atoms with Crippen LogP contribution in [0.25, 0.3) is 0 Å². The maximum absolute atomic E-state index is 13.1. The number of carbonyl (C=O) groups is 2. The highest BCUT2D eigenvalue weighted by atomic mass is 79.9. The van der Waals surface area contributed by atoms with Gasteiger partial charge in [0.1, 0.15) is 17.5 Å². The van der Waals surface area contributed by atoms with E-state index in [0.717, 1.165) is 28.0 Å². The Morgan fingerprint density at radius 1 is 1.09 bits per heavy atom. The van der Waals surface area contributed by atoms with Crippen LogP contribution in [0.5, 0.6) is 11.5 Å². The number of nitrogens with one attached hydrogen (secondary N) is 1. The van der Waals surface area contributed by atoms with E-state index in [9.17, 15) is 9.59 Å². The molecule has 6 nitrogen and oxygen atoms in total. The van der Waals surface area contributed by atoms with Crippen molar-refractivity contribution in [3.8, 4) is 11.5 Å². The Kier molecular flexibility index (Phi) is 10.5. The van der Waals surface area contributed by atoms with E-state index in [4.69, 9.17) is 9.47 Å². The summed E-state index contributed by atoms with van der Waals surface area (Å²) < 4.78 is 11.8. The molecule has 2 atom stereocenters. The van der Waals surface area contributed by atoms with Crippen molar-refractivity contribution in [3.63, 3.8) is 0 Å². The molecule has 0 bridgehead atoms. The molecule has 0 fully saturated rings. The lowest BCUT2D eigenvalue weighted by Gasteiger charge is -2.30. The van der Waals surface area contributed by atoms with E-state index in [1.807, 2.05) is 62.4 Å². The molecule has 2 amide bonds. The van der Waals surface area contributed by atoms with Crippen molar-refractivity contribution in [3.05, 3.63) is 58.6 Å². The van der Waals surface area contributed by atoms with Gasteiger partial charge in [-0.3, -0.25) is 9.59 Å². The lowest BCUT2D eigenvalue weighted by Crippen LogP contribution is -2.49. The van der Waals surface area contributed by atoms with Crippen LogP contribution in [0.2, 0.25) is 0 Å². The van der Waals surface area contributed by atoms with E-state index < -0.39 is 6.04 Å². The molecule has 0 saturated carbocycles. The van der Waals surface area contributed by atoms with Crippen LogP contribution in [0.3, 0.4) is 0 Å². The lowest BCUT2D eigenvalue weighted by atomic mass is 10.1. The van der Waals surface area contributed by atoms with Gasteiger partial charge in [0.15, 0.2) is 0 Å². The van der Waals surface area contributed by atoms with E-state index >= 15 is 0 Å². The summed E-state index contributed by atoms with van der Waals surface area (Å²) in [6.07, 6.45) is 1.69. The molecule has 0 spiro atoms. The van der Waals surface area contributed by atoms with E-state index in [2.05, 4.69) is 21.2 Å². The molecule has 0 aliphatic carbocycles. The van der Waals surface area contributed by atoms with Crippen LogP contribution in [0, 0.1) is 0 Å². The normalized spacial score (nSPS) is 12.5. The van der Waals surface area contributed by atoms with Crippen LogP contribution >= 0.6 is 15.9 Å². The molecule has 2 aromatic carbocycles. The third kappa shape index (κ3) is 8.19. The van der Waals surface area contributed by atoms with Crippen LogP contribution in [-0.4, -0.2) is 42.5 Å². The molecule has 0 saturated heterocycles. The van der Waals surface area contributed by atoms with Crippen molar-refractivity contribution in [2.75, 3.05) is 13.7 Å². The fourth-order valence-electron chi connectivity index (χ4n) is 3.11. The third-order valence-corrected chi connectivity index (χ3v) is 5.77. The maximum atomic E-state index is 13.1. The number of carbonyl (C=O) groups excluding carboxylic acids is 2. The summed E-state index contributed by atoms with van der Waals surface area (Å²) in [5.74, 6) is 1.28. The number of benzene rings is 2. The second-order valence-electron chi connectivity index (χ2n) is 7.77. The Hall–Kier alpha value is -2.54. The van der Waals surface area contributed by atoms with Crippen molar-refractivity contribution in [1.29, 1.82) is 0 Å². The second-order valence-corrected chi connectivity index (χ2v) is 8.69. The first-order valence-electron chi connectivity index (χ1n) is 10.9. The van der Waals surface area contributed by atoms with E-state index in [0.29, 0.717) is 26.0 Å². The van der Waals surface area contributed by atoms with Crippen molar-refractivity contribution in [1.82, 2.24) is 10.2 Å². The summed E-state index contributed by atoms with van der Waals surface area (Å²) in [4.78, 5) is 27.5. The number of halogens is 1. The largest absolute Gasteiger partial charge is 0.497 e. The summed E-state index contributed by atoms with van der Waals surface area (Å²) in [6.45, 7) is 6.54. The van der Waals surface area contributed by atoms with Crippen LogP contribution in [0.1, 0.15) is 45.6 Å². The summed E-state index contributed by atoms with van der Waals surface area (Å²) in [5, 5.41) is 2.98. The van der Waals surface area contributed by atoms with Gasteiger partial charge in [-0.2, -0.15) is 0 Å². The van der Waals surface area contributed by atoms with Gasteiger partial charge in [-0.1, -0.05) is 35.0 Å². The van der Waals surface area contributed by atoms with Crippen LogP contribution in [0.4, 0.5) is 0 Å². The minimum absolute atomic E-state index is 0.0608. The zero-order chi connectivity index (χ0) is 23.5. The molecule has 0 heterocycles. The highest BCUT2D eigenvalue weighted by Gasteiger charge is 2.26. The van der Waals surface area contributed by atoms with E-state index in [1.165, 1.54) is 0 Å². The van der Waals surface area contributed by atoms with Crippen molar-refractivity contribution in [2.24, 2.45) is 0 Å². The Bertz CT molecular complexity index is 873. The van der Waals surface area contributed by atoms with Crippen LogP contribution in [-0.2, 0) is 16.1 Å². The lowest BCUT2D eigenvalue weighted by molar-refractivity contribution is -0.141. The number of ether oxygens (including phenoxy) is 2. The molecular weight excluding hydrogens is 472 g/mol. The van der Waals surface area contributed by atoms with Crippen molar-refractivity contribution in [2.45, 2.75) is 58.7 Å². The average molecular weight is 505 g/mol. The van der Waals surface area contributed by atoms with Gasteiger partial charge in [0.25, 0.3) is 0 Å². The minimum atomic E-state index is -0.571. The fraction of sp³-hybridized carbons (Fsp3) is 0.440. The molecule has 2 rings (SSSR count). The van der Waals surface area contributed by atoms with Gasteiger partial charge in [-0.15, -0.1) is 0 Å². The van der Waals surface area contributed by atoms with Crippen molar-refractivity contribution < 1.29 is 19.1 Å². The van der Waals surface area contributed by atoms with Gasteiger partial charge in [0, 0.05) is 23.5 Å². The Morgan fingerprint density at radius 2 is 1.78 bits per heavy atom. The second kappa shape index (κ2) is 13.1. The number of nitrogens with zero attached hydrogens (tertiary/aromatic N) is 1. The van der Waals surface area contributed by atoms with Gasteiger partial charge in [-0.25, -0.2) is 0 Å². The maximum Gasteiger partial charge on any atom is 0.242 e. The molecule has 32 heavy (non-hydrogen) atoms.